The number of amides is 2. The first-order valence-electron chi connectivity index (χ1n) is 10.4. The van der Waals surface area contributed by atoms with E-state index in [1.807, 2.05) is 63.2 Å². The molecule has 1 heterocycles. The van der Waals surface area contributed by atoms with Gasteiger partial charge < -0.3 is 15.0 Å². The Morgan fingerprint density at radius 2 is 1.70 bits per heavy atom. The van der Waals surface area contributed by atoms with E-state index in [2.05, 4.69) is 5.32 Å². The Kier molecular flexibility index (Phi) is 6.87. The van der Waals surface area contributed by atoms with Gasteiger partial charge in [-0.15, -0.1) is 0 Å². The van der Waals surface area contributed by atoms with Crippen LogP contribution in [0.4, 0.5) is 11.4 Å². The Morgan fingerprint density at radius 1 is 1.07 bits per heavy atom. The molecule has 158 valence electrons. The second kappa shape index (κ2) is 9.57. The molecule has 0 unspecified atom stereocenters. The number of hydrogen-bond acceptors (Lipinski definition) is 4. The van der Waals surface area contributed by atoms with Crippen LogP contribution >= 0.6 is 0 Å². The minimum Gasteiger partial charge on any atom is -0.455 e. The fourth-order valence-corrected chi connectivity index (χ4v) is 3.67. The van der Waals surface area contributed by atoms with Gasteiger partial charge >= 0.3 is 5.97 Å². The van der Waals surface area contributed by atoms with Gasteiger partial charge in [-0.25, -0.2) is 0 Å². The molecular weight excluding hydrogens is 380 g/mol. The van der Waals surface area contributed by atoms with Crippen molar-refractivity contribution in [3.05, 3.63) is 59.2 Å². The average molecular weight is 408 g/mol. The molecule has 6 heteroatoms. The summed E-state index contributed by atoms with van der Waals surface area (Å²) >= 11 is 0. The summed E-state index contributed by atoms with van der Waals surface area (Å²) in [6, 6.07) is 13.5. The standard InChI is InChI=1S/C24H28N2O4/c1-4-17-7-6-8-18(5-2)23(17)25-21(27)15-30-24(29)19-13-22(28)26(14-19)20-11-9-16(3)10-12-20/h6-12,19H,4-5,13-15H2,1-3H3,(H,25,27)/t19-/m1/s1. The SMILES string of the molecule is CCc1cccc(CC)c1NC(=O)COC(=O)[C@@H]1CC(=O)N(c2ccc(C)cc2)C1. The summed E-state index contributed by atoms with van der Waals surface area (Å²) in [5.41, 5.74) is 4.75. The van der Waals surface area contributed by atoms with Crippen molar-refractivity contribution in [1.29, 1.82) is 0 Å². The van der Waals surface area contributed by atoms with Gasteiger partial charge in [0, 0.05) is 24.3 Å². The monoisotopic (exact) mass is 408 g/mol. The first kappa shape index (κ1) is 21.6. The van der Waals surface area contributed by atoms with Crippen molar-refractivity contribution in [2.24, 2.45) is 5.92 Å². The molecule has 1 aliphatic heterocycles. The van der Waals surface area contributed by atoms with Gasteiger partial charge in [0.2, 0.25) is 5.91 Å². The first-order chi connectivity index (χ1) is 14.4. The zero-order valence-electron chi connectivity index (χ0n) is 17.7. The number of para-hydroxylation sites is 1. The van der Waals surface area contributed by atoms with Gasteiger partial charge in [-0.2, -0.15) is 0 Å². The van der Waals surface area contributed by atoms with Crippen LogP contribution in [0.25, 0.3) is 0 Å². The molecule has 2 amide bonds. The Bertz CT molecular complexity index is 914. The van der Waals surface area contributed by atoms with Crippen LogP contribution in [0.5, 0.6) is 0 Å². The number of carbonyl (C=O) groups excluding carboxylic acids is 3. The van der Waals surface area contributed by atoms with Crippen LogP contribution in [-0.2, 0) is 32.0 Å². The van der Waals surface area contributed by atoms with Crippen molar-refractivity contribution in [3.8, 4) is 0 Å². The molecule has 0 saturated carbocycles. The molecule has 0 aliphatic carbocycles. The third-order valence-electron chi connectivity index (χ3n) is 5.41. The number of hydrogen-bond donors (Lipinski definition) is 1. The molecule has 2 aromatic carbocycles. The minimum absolute atomic E-state index is 0.0903. The summed E-state index contributed by atoms with van der Waals surface area (Å²) in [4.78, 5) is 38.8. The Hall–Kier alpha value is -3.15. The molecule has 6 nitrogen and oxygen atoms in total. The molecule has 0 radical (unpaired) electrons. The van der Waals surface area contributed by atoms with E-state index in [4.69, 9.17) is 4.74 Å². The number of aryl methyl sites for hydroxylation is 3. The van der Waals surface area contributed by atoms with E-state index in [0.29, 0.717) is 0 Å². The van der Waals surface area contributed by atoms with Crippen LogP contribution < -0.4 is 10.2 Å². The van der Waals surface area contributed by atoms with E-state index in [1.54, 1.807) is 4.90 Å². The van der Waals surface area contributed by atoms with Gasteiger partial charge in [-0.1, -0.05) is 49.7 Å². The summed E-state index contributed by atoms with van der Waals surface area (Å²) in [5, 5.41) is 2.88. The summed E-state index contributed by atoms with van der Waals surface area (Å²) < 4.78 is 5.23. The molecule has 1 N–H and O–H groups in total. The highest BCUT2D eigenvalue weighted by molar-refractivity contribution is 6.00. The van der Waals surface area contributed by atoms with Crippen LogP contribution in [0.1, 0.15) is 37.0 Å². The lowest BCUT2D eigenvalue weighted by Gasteiger charge is -2.17. The van der Waals surface area contributed by atoms with Crippen LogP contribution in [0.2, 0.25) is 0 Å². The summed E-state index contributed by atoms with van der Waals surface area (Å²) in [6.07, 6.45) is 1.68. The van der Waals surface area contributed by atoms with Crippen LogP contribution in [0.3, 0.4) is 0 Å². The maximum absolute atomic E-state index is 12.4. The third-order valence-corrected chi connectivity index (χ3v) is 5.41. The van der Waals surface area contributed by atoms with E-state index < -0.39 is 11.9 Å². The van der Waals surface area contributed by atoms with Gasteiger partial charge in [0.05, 0.1) is 5.92 Å². The fourth-order valence-electron chi connectivity index (χ4n) is 3.67. The normalized spacial score (nSPS) is 15.9. The topological polar surface area (TPSA) is 75.7 Å². The highest BCUT2D eigenvalue weighted by Crippen LogP contribution is 2.26. The zero-order valence-corrected chi connectivity index (χ0v) is 17.7. The van der Waals surface area contributed by atoms with E-state index in [1.165, 1.54) is 0 Å². The molecule has 1 aliphatic rings. The molecule has 0 bridgehead atoms. The van der Waals surface area contributed by atoms with E-state index in [9.17, 15) is 14.4 Å². The van der Waals surface area contributed by atoms with Gasteiger partial charge in [0.1, 0.15) is 0 Å². The summed E-state index contributed by atoms with van der Waals surface area (Å²) in [5.74, 6) is -1.58. The van der Waals surface area contributed by atoms with E-state index >= 15 is 0 Å². The van der Waals surface area contributed by atoms with Crippen molar-refractivity contribution in [1.82, 2.24) is 0 Å². The largest absolute Gasteiger partial charge is 0.455 e. The number of ether oxygens (including phenoxy) is 1. The smallest absolute Gasteiger partial charge is 0.311 e. The molecule has 2 aromatic rings. The van der Waals surface area contributed by atoms with Gasteiger partial charge in [0.15, 0.2) is 6.61 Å². The second-order valence-electron chi connectivity index (χ2n) is 7.56. The van der Waals surface area contributed by atoms with Crippen molar-refractivity contribution in [2.75, 3.05) is 23.4 Å². The number of rotatable bonds is 7. The van der Waals surface area contributed by atoms with Crippen molar-refractivity contribution < 1.29 is 19.1 Å². The molecular formula is C24H28N2O4. The molecule has 3 rings (SSSR count). The Labute approximate surface area is 177 Å². The average Bonchev–Trinajstić information content (AvgIpc) is 3.14. The van der Waals surface area contributed by atoms with Gasteiger partial charge in [-0.3, -0.25) is 14.4 Å². The number of benzene rings is 2. The van der Waals surface area contributed by atoms with Gasteiger partial charge in [-0.05, 0) is 43.0 Å². The number of carbonyl (C=O) groups is 3. The highest BCUT2D eigenvalue weighted by Gasteiger charge is 2.36. The number of nitrogens with one attached hydrogen (secondary N) is 1. The van der Waals surface area contributed by atoms with Crippen molar-refractivity contribution in [3.63, 3.8) is 0 Å². The van der Waals surface area contributed by atoms with Gasteiger partial charge in [0.25, 0.3) is 5.91 Å². The predicted molar refractivity (Wildman–Crippen MR) is 116 cm³/mol. The maximum Gasteiger partial charge on any atom is 0.311 e. The first-order valence-corrected chi connectivity index (χ1v) is 10.4. The molecule has 0 aromatic heterocycles. The van der Waals surface area contributed by atoms with E-state index in [-0.39, 0.29) is 31.4 Å². The van der Waals surface area contributed by atoms with Crippen LogP contribution in [0.15, 0.2) is 42.5 Å². The molecule has 0 spiro atoms. The molecule has 30 heavy (non-hydrogen) atoms. The molecule has 1 fully saturated rings. The van der Waals surface area contributed by atoms with Crippen molar-refractivity contribution >= 4 is 29.2 Å². The Balaban J connectivity index is 1.57. The maximum atomic E-state index is 12.4. The summed E-state index contributed by atoms with van der Waals surface area (Å²) in [7, 11) is 0. The minimum atomic E-state index is -0.569. The highest BCUT2D eigenvalue weighted by atomic mass is 16.5. The quantitative estimate of drug-likeness (QED) is 0.710. The molecule has 1 atom stereocenters. The number of esters is 1. The zero-order chi connectivity index (χ0) is 21.7. The second-order valence-corrected chi connectivity index (χ2v) is 7.56. The predicted octanol–water partition coefficient (Wildman–Crippen LogP) is 3.65. The fraction of sp³-hybridized carbons (Fsp3) is 0.375. The van der Waals surface area contributed by atoms with Crippen molar-refractivity contribution in [2.45, 2.75) is 40.0 Å². The summed E-state index contributed by atoms with van der Waals surface area (Å²) in [6.45, 7) is 5.93. The lowest BCUT2D eigenvalue weighted by atomic mass is 10.0. The lowest BCUT2D eigenvalue weighted by Crippen LogP contribution is -2.28. The Morgan fingerprint density at radius 3 is 2.30 bits per heavy atom. The van der Waals surface area contributed by atoms with Crippen LogP contribution in [0, 0.1) is 12.8 Å². The van der Waals surface area contributed by atoms with Crippen LogP contribution in [-0.4, -0.2) is 30.9 Å². The number of anilines is 2. The molecule has 1 saturated heterocycles. The van der Waals surface area contributed by atoms with E-state index in [0.717, 1.165) is 40.9 Å². The lowest BCUT2D eigenvalue weighted by molar-refractivity contribution is -0.151. The third kappa shape index (κ3) is 4.87. The number of nitrogens with zero attached hydrogens (tertiary/aromatic N) is 1.